The minimum Gasteiger partial charge on any atom is -0.372 e. The Morgan fingerprint density at radius 2 is 1.66 bits per heavy atom. The number of aliphatic imine (C=N–C) groups is 1. The van der Waals surface area contributed by atoms with E-state index in [4.69, 9.17) is 15.1 Å². The summed E-state index contributed by atoms with van der Waals surface area (Å²) < 4.78 is 0. The fraction of sp³-hybridized carbons (Fsp3) is 0.433. The molecule has 0 radical (unpaired) electrons. The average molecular weight is 514 g/mol. The van der Waals surface area contributed by atoms with Gasteiger partial charge in [0.15, 0.2) is 5.82 Å². The second-order valence-electron chi connectivity index (χ2n) is 11.7. The highest BCUT2D eigenvalue weighted by atomic mass is 16.2. The van der Waals surface area contributed by atoms with Gasteiger partial charge in [0.2, 0.25) is 11.7 Å². The number of nitrogens with zero attached hydrogens (tertiary/aromatic N) is 6. The molecule has 0 bridgehead atoms. The van der Waals surface area contributed by atoms with Gasteiger partial charge in [0, 0.05) is 40.9 Å². The summed E-state index contributed by atoms with van der Waals surface area (Å²) in [5.41, 5.74) is 5.66. The number of carbonyl (C=O) groups is 1. The maximum Gasteiger partial charge on any atom is 0.229 e. The van der Waals surface area contributed by atoms with Crippen molar-refractivity contribution in [2.45, 2.75) is 62.3 Å². The Bertz CT molecular complexity index is 1400. The van der Waals surface area contributed by atoms with Gasteiger partial charge in [0.1, 0.15) is 5.71 Å². The molecule has 0 spiro atoms. The molecular weight excluding hydrogens is 474 g/mol. The average Bonchev–Trinajstić information content (AvgIpc) is 3.40. The van der Waals surface area contributed by atoms with Gasteiger partial charge < -0.3 is 10.2 Å². The Hall–Kier alpha value is -3.81. The summed E-state index contributed by atoms with van der Waals surface area (Å²) in [7, 11) is 0. The van der Waals surface area contributed by atoms with Gasteiger partial charge in [0.25, 0.3) is 0 Å². The number of nitrogens with one attached hydrogen (secondary N) is 1. The third-order valence-corrected chi connectivity index (χ3v) is 6.56. The van der Waals surface area contributed by atoms with E-state index in [0.717, 1.165) is 47.0 Å². The standard InChI is InChI=1S/C30H39N7O/c1-10-36(11-2)22-16-17-23(19(3)18-22)32-24-25(29(4,5)6)34-37-27(24)33-26(35-37)20-12-14-21(15-13-20)31-28(38)30(7,8)9/h12-18H,10-11H2,1-9H3,(H,31,38). The molecule has 38 heavy (non-hydrogen) atoms. The van der Waals surface area contributed by atoms with Crippen molar-refractivity contribution in [3.8, 4) is 11.4 Å². The summed E-state index contributed by atoms with van der Waals surface area (Å²) in [5, 5.41) is 12.4. The molecule has 0 saturated carbocycles. The van der Waals surface area contributed by atoms with Gasteiger partial charge in [-0.3, -0.25) is 4.79 Å². The van der Waals surface area contributed by atoms with Gasteiger partial charge in [-0.1, -0.05) is 41.5 Å². The second kappa shape index (κ2) is 10.2. The third kappa shape index (κ3) is 5.54. The van der Waals surface area contributed by atoms with E-state index in [9.17, 15) is 4.79 Å². The Balaban J connectivity index is 1.68. The van der Waals surface area contributed by atoms with Crippen LogP contribution in [0.1, 0.15) is 66.8 Å². The quantitative estimate of drug-likeness (QED) is 0.409. The number of carbonyl (C=O) groups excluding carboxylic acids is 1. The van der Waals surface area contributed by atoms with Crippen LogP contribution in [0.3, 0.4) is 0 Å². The number of amides is 1. The van der Waals surface area contributed by atoms with E-state index in [1.54, 1.807) is 4.79 Å². The lowest BCUT2D eigenvalue weighted by Gasteiger charge is -2.22. The SMILES string of the molecule is CCN(CC)c1ccc(N=C2C(C(C)(C)C)=Nn3nc(-c4ccc(NC(=O)C(C)(C)C)cc4)nc32)c(C)c1. The lowest BCUT2D eigenvalue weighted by Crippen LogP contribution is -2.27. The highest BCUT2D eigenvalue weighted by molar-refractivity contribution is 6.50. The highest BCUT2D eigenvalue weighted by Gasteiger charge is 2.35. The molecule has 1 amide bonds. The summed E-state index contributed by atoms with van der Waals surface area (Å²) in [6.07, 6.45) is 0. The maximum atomic E-state index is 12.3. The fourth-order valence-corrected chi connectivity index (χ4v) is 4.19. The predicted octanol–water partition coefficient (Wildman–Crippen LogP) is 6.47. The van der Waals surface area contributed by atoms with Gasteiger partial charge in [-0.25, -0.2) is 9.98 Å². The maximum absolute atomic E-state index is 12.3. The topological polar surface area (TPSA) is 87.8 Å². The van der Waals surface area contributed by atoms with Crippen LogP contribution in [0.15, 0.2) is 52.6 Å². The second-order valence-corrected chi connectivity index (χ2v) is 11.7. The number of hydrogen-bond acceptors (Lipinski definition) is 6. The zero-order valence-corrected chi connectivity index (χ0v) is 24.0. The first-order chi connectivity index (χ1) is 17.8. The van der Waals surface area contributed by atoms with E-state index in [2.05, 4.69) is 75.1 Å². The van der Waals surface area contributed by atoms with Crippen LogP contribution < -0.4 is 10.2 Å². The molecule has 2 aromatic carbocycles. The van der Waals surface area contributed by atoms with Crippen LogP contribution in [0.25, 0.3) is 11.4 Å². The van der Waals surface area contributed by atoms with Crippen LogP contribution in [0.4, 0.5) is 17.1 Å². The zero-order valence-electron chi connectivity index (χ0n) is 24.0. The molecule has 1 aromatic heterocycles. The monoisotopic (exact) mass is 513 g/mol. The van der Waals surface area contributed by atoms with E-state index in [0.29, 0.717) is 11.6 Å². The van der Waals surface area contributed by atoms with Crippen molar-refractivity contribution in [1.82, 2.24) is 14.9 Å². The molecule has 1 N–H and O–H groups in total. The molecule has 8 heteroatoms. The number of rotatable bonds is 6. The first kappa shape index (κ1) is 27.2. The summed E-state index contributed by atoms with van der Waals surface area (Å²) in [6.45, 7) is 20.4. The minimum atomic E-state index is -0.465. The van der Waals surface area contributed by atoms with E-state index in [-0.39, 0.29) is 11.3 Å². The Kier molecular flexibility index (Phi) is 7.28. The van der Waals surface area contributed by atoms with E-state index in [1.807, 2.05) is 45.0 Å². The van der Waals surface area contributed by atoms with Gasteiger partial charge >= 0.3 is 0 Å². The fourth-order valence-electron chi connectivity index (χ4n) is 4.19. The molecule has 2 heterocycles. The minimum absolute atomic E-state index is 0.0327. The number of aromatic nitrogens is 3. The van der Waals surface area contributed by atoms with Crippen molar-refractivity contribution in [3.05, 3.63) is 53.9 Å². The van der Waals surface area contributed by atoms with Crippen LogP contribution in [0.5, 0.6) is 0 Å². The van der Waals surface area contributed by atoms with Crippen molar-refractivity contribution >= 4 is 34.4 Å². The van der Waals surface area contributed by atoms with Crippen LogP contribution in [-0.2, 0) is 4.79 Å². The van der Waals surface area contributed by atoms with Crippen molar-refractivity contribution < 1.29 is 4.79 Å². The number of hydrogen-bond donors (Lipinski definition) is 1. The Morgan fingerprint density at radius 1 is 1.00 bits per heavy atom. The third-order valence-electron chi connectivity index (χ3n) is 6.56. The van der Waals surface area contributed by atoms with Crippen molar-refractivity contribution in [2.75, 3.05) is 23.3 Å². The number of benzene rings is 2. The van der Waals surface area contributed by atoms with E-state index >= 15 is 0 Å². The molecule has 1 aliphatic heterocycles. The molecule has 200 valence electrons. The van der Waals surface area contributed by atoms with Crippen molar-refractivity contribution in [1.29, 1.82) is 0 Å². The number of fused-ring (bicyclic) bond motifs is 1. The number of anilines is 2. The van der Waals surface area contributed by atoms with Crippen LogP contribution in [-0.4, -0.2) is 45.3 Å². The molecule has 0 saturated heterocycles. The van der Waals surface area contributed by atoms with Crippen molar-refractivity contribution in [3.63, 3.8) is 0 Å². The molecule has 0 aliphatic carbocycles. The predicted molar refractivity (Wildman–Crippen MR) is 157 cm³/mol. The molecule has 4 rings (SSSR count). The largest absolute Gasteiger partial charge is 0.372 e. The van der Waals surface area contributed by atoms with E-state index in [1.165, 1.54) is 5.69 Å². The summed E-state index contributed by atoms with van der Waals surface area (Å²) >= 11 is 0. The summed E-state index contributed by atoms with van der Waals surface area (Å²) in [5.74, 6) is 1.16. The molecule has 8 nitrogen and oxygen atoms in total. The van der Waals surface area contributed by atoms with Gasteiger partial charge in [0.05, 0.1) is 11.4 Å². The Morgan fingerprint density at radius 3 is 2.21 bits per heavy atom. The molecule has 0 fully saturated rings. The summed E-state index contributed by atoms with van der Waals surface area (Å²) in [6, 6.07) is 13.9. The van der Waals surface area contributed by atoms with Crippen LogP contribution >= 0.6 is 0 Å². The van der Waals surface area contributed by atoms with Gasteiger partial charge in [-0.15, -0.1) is 9.89 Å². The van der Waals surface area contributed by atoms with Crippen LogP contribution in [0, 0.1) is 17.8 Å². The highest BCUT2D eigenvalue weighted by Crippen LogP contribution is 2.31. The zero-order chi connectivity index (χ0) is 27.8. The lowest BCUT2D eigenvalue weighted by atomic mass is 9.87. The van der Waals surface area contributed by atoms with E-state index < -0.39 is 5.41 Å². The molecule has 3 aromatic rings. The van der Waals surface area contributed by atoms with Crippen molar-refractivity contribution in [2.24, 2.45) is 20.9 Å². The smallest absolute Gasteiger partial charge is 0.229 e. The normalized spacial score (nSPS) is 14.4. The molecular formula is C30H39N7O. The van der Waals surface area contributed by atoms with Crippen LogP contribution in [0.2, 0.25) is 0 Å². The van der Waals surface area contributed by atoms with Gasteiger partial charge in [-0.05, 0) is 68.8 Å². The number of aryl methyl sites for hydroxylation is 1. The molecule has 1 aliphatic rings. The summed E-state index contributed by atoms with van der Waals surface area (Å²) in [4.78, 5) is 26.1. The van der Waals surface area contributed by atoms with Gasteiger partial charge in [-0.2, -0.15) is 5.10 Å². The Labute approximate surface area is 225 Å². The molecule has 0 atom stereocenters. The molecule has 0 unspecified atom stereocenters. The first-order valence-electron chi connectivity index (χ1n) is 13.2. The first-order valence-corrected chi connectivity index (χ1v) is 13.2. The lowest BCUT2D eigenvalue weighted by molar-refractivity contribution is -0.123.